The molecule has 11 heteroatoms. The van der Waals surface area contributed by atoms with Crippen LogP contribution in [0.15, 0.2) is 60.7 Å². The molecule has 0 radical (unpaired) electrons. The van der Waals surface area contributed by atoms with Gasteiger partial charge in [0.15, 0.2) is 0 Å². The lowest BCUT2D eigenvalue weighted by Crippen LogP contribution is -2.49. The Morgan fingerprint density at radius 2 is 1.66 bits per heavy atom. The molecule has 10 nitrogen and oxygen atoms in total. The molecule has 2 heterocycles. The zero-order valence-electron chi connectivity index (χ0n) is 23.0. The molecule has 0 saturated carbocycles. The van der Waals surface area contributed by atoms with Crippen molar-refractivity contribution < 1.29 is 28.7 Å². The van der Waals surface area contributed by atoms with Gasteiger partial charge in [0, 0.05) is 38.2 Å². The Morgan fingerprint density at radius 3 is 2.32 bits per heavy atom. The largest absolute Gasteiger partial charge is 0.466 e. The monoisotopic (exact) mass is 578 g/mol. The molecule has 2 N–H and O–H groups in total. The van der Waals surface area contributed by atoms with Gasteiger partial charge in [-0.2, -0.15) is 0 Å². The Morgan fingerprint density at radius 1 is 1.00 bits per heavy atom. The zero-order chi connectivity index (χ0) is 29.0. The van der Waals surface area contributed by atoms with Crippen molar-refractivity contribution in [2.24, 2.45) is 0 Å². The van der Waals surface area contributed by atoms with E-state index in [1.165, 1.54) is 16.2 Å². The molecule has 0 bridgehead atoms. The normalized spacial score (nSPS) is 13.7. The fourth-order valence-electron chi connectivity index (χ4n) is 4.17. The molecule has 2 amide bonds. The van der Waals surface area contributed by atoms with Gasteiger partial charge in [-0.1, -0.05) is 74.0 Å². The summed E-state index contributed by atoms with van der Waals surface area (Å²) < 4.78 is 10.4. The van der Waals surface area contributed by atoms with E-state index in [-0.39, 0.29) is 25.1 Å². The molecule has 1 aliphatic rings. The van der Waals surface area contributed by atoms with Crippen molar-refractivity contribution in [1.82, 2.24) is 20.5 Å². The third-order valence-corrected chi connectivity index (χ3v) is 7.60. The molecular formula is C30H34N4O6S. The molecule has 1 atom stereocenters. The summed E-state index contributed by atoms with van der Waals surface area (Å²) in [5, 5.41) is 6.45. The number of amides is 2. The first kappa shape index (κ1) is 29.9. The van der Waals surface area contributed by atoms with Crippen LogP contribution in [0.1, 0.15) is 43.1 Å². The molecule has 1 aliphatic heterocycles. The second-order valence-electron chi connectivity index (χ2n) is 9.49. The molecule has 2 aromatic carbocycles. The summed E-state index contributed by atoms with van der Waals surface area (Å²) in [5.74, 6) is -2.05. The Balaban J connectivity index is 1.55. The van der Waals surface area contributed by atoms with Crippen molar-refractivity contribution in [3.63, 3.8) is 0 Å². The fourth-order valence-corrected chi connectivity index (χ4v) is 5.25. The lowest BCUT2D eigenvalue weighted by Gasteiger charge is -2.26. The van der Waals surface area contributed by atoms with Gasteiger partial charge in [-0.05, 0) is 18.4 Å². The van der Waals surface area contributed by atoms with Crippen LogP contribution in [0.4, 0.5) is 4.79 Å². The van der Waals surface area contributed by atoms with Gasteiger partial charge in [0.05, 0.1) is 11.5 Å². The number of unbranched alkanes of at least 4 members (excludes halogenated alkanes) is 1. The Labute approximate surface area is 243 Å². The first-order valence-corrected chi connectivity index (χ1v) is 14.6. The number of benzene rings is 2. The third kappa shape index (κ3) is 8.45. The highest BCUT2D eigenvalue weighted by Crippen LogP contribution is 2.35. The minimum Gasteiger partial charge on any atom is -0.466 e. The SMILES string of the molecule is CCCCOC(=O)CCC(NC(=O)c1nc(-c2ccccc2)sc1-c1ccccc1)C(=O)OC(=O)N1CCNCC1. The Kier molecular flexibility index (Phi) is 11.0. The highest BCUT2D eigenvalue weighted by molar-refractivity contribution is 7.18. The molecule has 1 fully saturated rings. The number of thiazole rings is 1. The average molecular weight is 579 g/mol. The van der Waals surface area contributed by atoms with Crippen molar-refractivity contribution in [2.45, 2.75) is 38.6 Å². The maximum atomic E-state index is 13.6. The zero-order valence-corrected chi connectivity index (χ0v) is 23.8. The second-order valence-corrected chi connectivity index (χ2v) is 10.5. The van der Waals surface area contributed by atoms with E-state index in [4.69, 9.17) is 9.47 Å². The van der Waals surface area contributed by atoms with Gasteiger partial charge in [-0.3, -0.25) is 9.59 Å². The molecule has 4 rings (SSSR count). The topological polar surface area (TPSA) is 127 Å². The molecular weight excluding hydrogens is 544 g/mol. The van der Waals surface area contributed by atoms with Gasteiger partial charge >= 0.3 is 18.0 Å². The van der Waals surface area contributed by atoms with E-state index in [0.717, 1.165) is 24.0 Å². The number of carbonyl (C=O) groups excluding carboxylic acids is 4. The molecule has 1 unspecified atom stereocenters. The molecule has 1 aromatic heterocycles. The summed E-state index contributed by atoms with van der Waals surface area (Å²) in [7, 11) is 0. The van der Waals surface area contributed by atoms with E-state index < -0.39 is 30.0 Å². The minimum absolute atomic E-state index is 0.0965. The number of nitrogens with one attached hydrogen (secondary N) is 2. The predicted octanol–water partition coefficient (Wildman–Crippen LogP) is 4.27. The van der Waals surface area contributed by atoms with Crippen LogP contribution in [-0.2, 0) is 19.1 Å². The summed E-state index contributed by atoms with van der Waals surface area (Å²) >= 11 is 1.36. The average Bonchev–Trinajstić information content (AvgIpc) is 3.46. The molecule has 1 saturated heterocycles. The van der Waals surface area contributed by atoms with Crippen molar-refractivity contribution in [3.8, 4) is 21.0 Å². The van der Waals surface area contributed by atoms with Crippen LogP contribution >= 0.6 is 11.3 Å². The van der Waals surface area contributed by atoms with E-state index in [9.17, 15) is 19.2 Å². The summed E-state index contributed by atoms with van der Waals surface area (Å²) in [6, 6.07) is 17.6. The van der Waals surface area contributed by atoms with Gasteiger partial charge < -0.3 is 25.0 Å². The number of esters is 2. The van der Waals surface area contributed by atoms with Crippen LogP contribution in [-0.4, -0.2) is 72.7 Å². The van der Waals surface area contributed by atoms with Crippen molar-refractivity contribution in [1.29, 1.82) is 0 Å². The summed E-state index contributed by atoms with van der Waals surface area (Å²) in [5.41, 5.74) is 1.78. The minimum atomic E-state index is -1.27. The van der Waals surface area contributed by atoms with Gasteiger partial charge in [-0.15, -0.1) is 11.3 Å². The maximum Gasteiger partial charge on any atom is 0.417 e. The number of ether oxygens (including phenoxy) is 2. The first-order chi connectivity index (χ1) is 20.0. The van der Waals surface area contributed by atoms with Crippen molar-refractivity contribution in [3.05, 3.63) is 66.4 Å². The van der Waals surface area contributed by atoms with Crippen LogP contribution in [0, 0.1) is 0 Å². The smallest absolute Gasteiger partial charge is 0.417 e. The van der Waals surface area contributed by atoms with Crippen LogP contribution in [0.25, 0.3) is 21.0 Å². The lowest BCUT2D eigenvalue weighted by molar-refractivity contribution is -0.144. The summed E-state index contributed by atoms with van der Waals surface area (Å²) in [4.78, 5) is 58.4. The Hall–Kier alpha value is -4.09. The van der Waals surface area contributed by atoms with Gasteiger partial charge in [0.1, 0.15) is 16.7 Å². The van der Waals surface area contributed by atoms with E-state index in [0.29, 0.717) is 36.1 Å². The second kappa shape index (κ2) is 15.1. The molecule has 3 aromatic rings. The van der Waals surface area contributed by atoms with Crippen LogP contribution in [0.3, 0.4) is 0 Å². The van der Waals surface area contributed by atoms with Gasteiger partial charge in [0.2, 0.25) is 0 Å². The molecule has 41 heavy (non-hydrogen) atoms. The van der Waals surface area contributed by atoms with Crippen LogP contribution in [0.5, 0.6) is 0 Å². The lowest BCUT2D eigenvalue weighted by atomic mass is 10.1. The van der Waals surface area contributed by atoms with Crippen molar-refractivity contribution in [2.75, 3.05) is 32.8 Å². The number of aromatic nitrogens is 1. The summed E-state index contributed by atoms with van der Waals surface area (Å²) in [6.45, 7) is 4.23. The maximum absolute atomic E-state index is 13.6. The number of carbonyl (C=O) groups is 4. The molecule has 216 valence electrons. The quantitative estimate of drug-likeness (QED) is 0.196. The predicted molar refractivity (Wildman–Crippen MR) is 155 cm³/mol. The van der Waals surface area contributed by atoms with Crippen molar-refractivity contribution >= 4 is 35.3 Å². The molecule has 0 spiro atoms. The number of piperazine rings is 1. The van der Waals surface area contributed by atoms with E-state index in [1.54, 1.807) is 0 Å². The van der Waals surface area contributed by atoms with E-state index in [2.05, 4.69) is 15.6 Å². The number of nitrogens with zero attached hydrogens (tertiary/aromatic N) is 2. The highest BCUT2D eigenvalue weighted by Gasteiger charge is 2.30. The first-order valence-electron chi connectivity index (χ1n) is 13.8. The molecule has 0 aliphatic carbocycles. The number of hydrogen-bond acceptors (Lipinski definition) is 9. The Bertz CT molecular complexity index is 1330. The van der Waals surface area contributed by atoms with E-state index in [1.807, 2.05) is 67.6 Å². The van der Waals surface area contributed by atoms with E-state index >= 15 is 0 Å². The van der Waals surface area contributed by atoms with Gasteiger partial charge in [-0.25, -0.2) is 14.6 Å². The summed E-state index contributed by atoms with van der Waals surface area (Å²) in [6.07, 6.45) is 0.577. The standard InChI is InChI=1S/C30H34N4O6S/c1-2-3-20-39-24(35)15-14-23(29(37)40-30(38)34-18-16-31-17-19-34)32-27(36)25-26(21-10-6-4-7-11-21)41-28(33-25)22-12-8-5-9-13-22/h4-13,23,31H,2-3,14-20H2,1H3,(H,32,36). The highest BCUT2D eigenvalue weighted by atomic mass is 32.1. The van der Waals surface area contributed by atoms with Crippen LogP contribution < -0.4 is 10.6 Å². The van der Waals surface area contributed by atoms with Crippen LogP contribution in [0.2, 0.25) is 0 Å². The third-order valence-electron chi connectivity index (χ3n) is 6.45. The number of hydrogen-bond donors (Lipinski definition) is 2. The van der Waals surface area contributed by atoms with Gasteiger partial charge in [0.25, 0.3) is 5.91 Å². The number of rotatable bonds is 11. The fraction of sp³-hybridized carbons (Fsp3) is 0.367.